The first-order chi connectivity index (χ1) is 6.33. The van der Waals surface area contributed by atoms with E-state index in [0.29, 0.717) is 26.3 Å². The van der Waals surface area contributed by atoms with Gasteiger partial charge in [0.15, 0.2) is 0 Å². The molecule has 13 heavy (non-hydrogen) atoms. The van der Waals surface area contributed by atoms with Crippen LogP contribution >= 0.6 is 0 Å². The molecule has 0 spiro atoms. The highest BCUT2D eigenvalue weighted by atomic mass is 19.2. The standard InChI is InChI=1S/C8H17FN2O2/c9-11-3-1-10(2-4-11)5-7-13-8-6-12/h12H,1-8H2. The zero-order valence-corrected chi connectivity index (χ0v) is 7.78. The van der Waals surface area contributed by atoms with Gasteiger partial charge >= 0.3 is 0 Å². The van der Waals surface area contributed by atoms with Gasteiger partial charge in [-0.25, -0.2) is 0 Å². The Morgan fingerprint density at radius 2 is 1.85 bits per heavy atom. The highest BCUT2D eigenvalue weighted by molar-refractivity contribution is 4.66. The van der Waals surface area contributed by atoms with Crippen LogP contribution in [0.15, 0.2) is 0 Å². The van der Waals surface area contributed by atoms with Gasteiger partial charge in [0.2, 0.25) is 0 Å². The number of rotatable bonds is 5. The fraction of sp³-hybridized carbons (Fsp3) is 1.00. The smallest absolute Gasteiger partial charge is 0.0698 e. The molecule has 1 N–H and O–H groups in total. The van der Waals surface area contributed by atoms with E-state index in [4.69, 9.17) is 9.84 Å². The Bertz CT molecular complexity index is 129. The highest BCUT2D eigenvalue weighted by Crippen LogP contribution is 2.00. The molecule has 0 bridgehead atoms. The van der Waals surface area contributed by atoms with E-state index in [1.54, 1.807) is 0 Å². The number of hydrogen-bond acceptors (Lipinski definition) is 4. The van der Waals surface area contributed by atoms with E-state index in [1.165, 1.54) is 0 Å². The predicted molar refractivity (Wildman–Crippen MR) is 47.0 cm³/mol. The molecule has 1 fully saturated rings. The second-order valence-corrected chi connectivity index (χ2v) is 3.09. The van der Waals surface area contributed by atoms with E-state index in [-0.39, 0.29) is 6.61 Å². The van der Waals surface area contributed by atoms with Gasteiger partial charge in [-0.2, -0.15) is 0 Å². The summed E-state index contributed by atoms with van der Waals surface area (Å²) < 4.78 is 17.7. The van der Waals surface area contributed by atoms with Gasteiger partial charge in [0.1, 0.15) is 0 Å². The Morgan fingerprint density at radius 1 is 1.15 bits per heavy atom. The zero-order chi connectivity index (χ0) is 9.52. The van der Waals surface area contributed by atoms with Crippen molar-refractivity contribution >= 4 is 0 Å². The lowest BCUT2D eigenvalue weighted by atomic mass is 10.3. The maximum Gasteiger partial charge on any atom is 0.0698 e. The number of aliphatic hydroxyl groups is 1. The third-order valence-electron chi connectivity index (χ3n) is 2.11. The number of piperazine rings is 1. The SMILES string of the molecule is OCCOCCN1CCN(F)CC1. The van der Waals surface area contributed by atoms with E-state index in [2.05, 4.69) is 4.90 Å². The summed E-state index contributed by atoms with van der Waals surface area (Å²) in [6.07, 6.45) is 0. The lowest BCUT2D eigenvalue weighted by Crippen LogP contribution is -2.44. The fourth-order valence-electron chi connectivity index (χ4n) is 1.31. The molecule has 0 unspecified atom stereocenters. The van der Waals surface area contributed by atoms with Gasteiger partial charge in [-0.1, -0.05) is 0 Å². The molecular formula is C8H17FN2O2. The normalized spacial score (nSPS) is 20.8. The molecule has 1 rings (SSSR count). The average Bonchev–Trinajstić information content (AvgIpc) is 2.15. The highest BCUT2D eigenvalue weighted by Gasteiger charge is 2.15. The summed E-state index contributed by atoms with van der Waals surface area (Å²) in [6.45, 7) is 4.40. The number of ether oxygens (including phenoxy) is 1. The van der Waals surface area contributed by atoms with Crippen LogP contribution in [0.1, 0.15) is 0 Å². The molecule has 0 aromatic carbocycles. The van der Waals surface area contributed by atoms with Crippen LogP contribution in [0.25, 0.3) is 0 Å². The monoisotopic (exact) mass is 192 g/mol. The summed E-state index contributed by atoms with van der Waals surface area (Å²) in [6, 6.07) is 0. The largest absolute Gasteiger partial charge is 0.394 e. The summed E-state index contributed by atoms with van der Waals surface area (Å²) in [5.74, 6) is 0. The zero-order valence-electron chi connectivity index (χ0n) is 7.78. The molecule has 5 heteroatoms. The number of hydrogen-bond donors (Lipinski definition) is 1. The predicted octanol–water partition coefficient (Wildman–Crippen LogP) is -0.503. The molecule has 0 radical (unpaired) electrons. The van der Waals surface area contributed by atoms with Gasteiger partial charge in [-0.05, 0) is 0 Å². The van der Waals surface area contributed by atoms with E-state index in [9.17, 15) is 4.48 Å². The third-order valence-corrected chi connectivity index (χ3v) is 2.11. The number of aliphatic hydroxyl groups excluding tert-OH is 1. The van der Waals surface area contributed by atoms with Gasteiger partial charge in [0.25, 0.3) is 0 Å². The van der Waals surface area contributed by atoms with Crippen molar-refractivity contribution in [2.24, 2.45) is 0 Å². The summed E-state index contributed by atoms with van der Waals surface area (Å²) in [7, 11) is 0. The van der Waals surface area contributed by atoms with E-state index >= 15 is 0 Å². The minimum atomic E-state index is 0.0677. The Hall–Kier alpha value is -0.230. The molecule has 78 valence electrons. The average molecular weight is 192 g/mol. The van der Waals surface area contributed by atoms with Crippen LogP contribution in [0.2, 0.25) is 0 Å². The Kier molecular flexibility index (Phi) is 5.22. The second-order valence-electron chi connectivity index (χ2n) is 3.09. The van der Waals surface area contributed by atoms with Crippen molar-refractivity contribution in [1.29, 1.82) is 0 Å². The van der Waals surface area contributed by atoms with Crippen LogP contribution < -0.4 is 0 Å². The van der Waals surface area contributed by atoms with Crippen molar-refractivity contribution < 1.29 is 14.3 Å². The first-order valence-corrected chi connectivity index (χ1v) is 4.64. The summed E-state index contributed by atoms with van der Waals surface area (Å²) in [4.78, 5) is 2.16. The topological polar surface area (TPSA) is 35.9 Å². The van der Waals surface area contributed by atoms with Crippen molar-refractivity contribution in [2.75, 3.05) is 52.5 Å². The summed E-state index contributed by atoms with van der Waals surface area (Å²) in [5.41, 5.74) is 0. The minimum absolute atomic E-state index is 0.0677. The van der Waals surface area contributed by atoms with E-state index < -0.39 is 0 Å². The lowest BCUT2D eigenvalue weighted by Gasteiger charge is -2.29. The van der Waals surface area contributed by atoms with Gasteiger partial charge in [-0.3, -0.25) is 4.90 Å². The lowest BCUT2D eigenvalue weighted by molar-refractivity contribution is -0.0283. The van der Waals surface area contributed by atoms with Crippen LogP contribution in [0.5, 0.6) is 0 Å². The molecule has 1 saturated heterocycles. The van der Waals surface area contributed by atoms with Crippen LogP contribution in [0.4, 0.5) is 4.48 Å². The molecule has 1 aliphatic heterocycles. The molecule has 0 aromatic rings. The molecule has 4 nitrogen and oxygen atoms in total. The van der Waals surface area contributed by atoms with Crippen molar-refractivity contribution in [2.45, 2.75) is 0 Å². The van der Waals surface area contributed by atoms with Crippen molar-refractivity contribution in [3.8, 4) is 0 Å². The first kappa shape index (κ1) is 10.8. The molecule has 0 atom stereocenters. The minimum Gasteiger partial charge on any atom is -0.394 e. The Balaban J connectivity index is 1.96. The molecular weight excluding hydrogens is 175 g/mol. The van der Waals surface area contributed by atoms with Gasteiger partial charge < -0.3 is 9.84 Å². The first-order valence-electron chi connectivity index (χ1n) is 4.64. The Morgan fingerprint density at radius 3 is 2.46 bits per heavy atom. The van der Waals surface area contributed by atoms with Crippen LogP contribution in [0, 0.1) is 0 Å². The van der Waals surface area contributed by atoms with Gasteiger partial charge in [0.05, 0.1) is 19.8 Å². The molecule has 0 amide bonds. The van der Waals surface area contributed by atoms with E-state index in [1.807, 2.05) is 0 Å². The van der Waals surface area contributed by atoms with Gasteiger partial charge in [0, 0.05) is 32.7 Å². The summed E-state index contributed by atoms with van der Waals surface area (Å²) in [5, 5.41) is 9.28. The number of nitrogens with zero attached hydrogens (tertiary/aromatic N) is 2. The van der Waals surface area contributed by atoms with Crippen molar-refractivity contribution in [1.82, 2.24) is 10.0 Å². The van der Waals surface area contributed by atoms with Crippen LogP contribution in [-0.4, -0.2) is 67.7 Å². The Labute approximate surface area is 77.8 Å². The summed E-state index contributed by atoms with van der Waals surface area (Å²) >= 11 is 0. The van der Waals surface area contributed by atoms with E-state index in [0.717, 1.165) is 24.8 Å². The van der Waals surface area contributed by atoms with Crippen molar-refractivity contribution in [3.05, 3.63) is 0 Å². The second kappa shape index (κ2) is 6.26. The third kappa shape index (κ3) is 4.52. The molecule has 0 aromatic heterocycles. The molecule has 0 aliphatic carbocycles. The fourth-order valence-corrected chi connectivity index (χ4v) is 1.31. The molecule has 0 saturated carbocycles. The van der Waals surface area contributed by atoms with Crippen LogP contribution in [0.3, 0.4) is 0 Å². The van der Waals surface area contributed by atoms with Gasteiger partial charge in [-0.15, -0.1) is 9.60 Å². The maximum atomic E-state index is 12.5. The maximum absolute atomic E-state index is 12.5. The molecule has 1 heterocycles. The number of halogens is 1. The van der Waals surface area contributed by atoms with Crippen LogP contribution in [-0.2, 0) is 4.74 Å². The molecule has 1 aliphatic rings. The van der Waals surface area contributed by atoms with Crippen molar-refractivity contribution in [3.63, 3.8) is 0 Å². The quantitative estimate of drug-likeness (QED) is 0.470.